The van der Waals surface area contributed by atoms with Crippen molar-refractivity contribution in [3.63, 3.8) is 0 Å². The van der Waals surface area contributed by atoms with E-state index in [1.807, 2.05) is 13.0 Å². The number of aryl methyl sites for hydroxylation is 1. The molecule has 0 aliphatic carbocycles. The number of nitrogens with one attached hydrogen (secondary N) is 1. The summed E-state index contributed by atoms with van der Waals surface area (Å²) in [5.41, 5.74) is 2.15. The van der Waals surface area contributed by atoms with Gasteiger partial charge in [-0.25, -0.2) is 4.39 Å². The molecule has 88 valence electrons. The largest absolute Gasteiger partial charge is 0.377 e. The van der Waals surface area contributed by atoms with Crippen molar-refractivity contribution in [1.82, 2.24) is 5.32 Å². The fourth-order valence-electron chi connectivity index (χ4n) is 2.03. The second-order valence-electron chi connectivity index (χ2n) is 4.34. The van der Waals surface area contributed by atoms with Crippen LogP contribution >= 0.6 is 0 Å². The molecule has 1 N–H and O–H groups in total. The van der Waals surface area contributed by atoms with E-state index in [2.05, 4.69) is 5.32 Å². The van der Waals surface area contributed by atoms with Crippen LogP contribution in [0.3, 0.4) is 0 Å². The summed E-state index contributed by atoms with van der Waals surface area (Å²) in [6, 6.07) is 4.92. The predicted molar refractivity (Wildman–Crippen MR) is 61.8 cm³/mol. The highest BCUT2D eigenvalue weighted by Crippen LogP contribution is 2.12. The first-order valence-electron chi connectivity index (χ1n) is 5.83. The molecule has 1 heterocycles. The van der Waals surface area contributed by atoms with Crippen LogP contribution in [0.15, 0.2) is 18.2 Å². The number of hydrogen-bond donors (Lipinski definition) is 1. The van der Waals surface area contributed by atoms with Gasteiger partial charge in [0.05, 0.1) is 6.10 Å². The first-order valence-corrected chi connectivity index (χ1v) is 5.83. The molecule has 1 aliphatic heterocycles. The lowest BCUT2D eigenvalue weighted by Gasteiger charge is -2.12. The lowest BCUT2D eigenvalue weighted by atomic mass is 10.1. The van der Waals surface area contributed by atoms with Crippen LogP contribution in [0.25, 0.3) is 0 Å². The SMILES string of the molecule is Cc1cc(F)ccc1CNCC1CCCO1. The van der Waals surface area contributed by atoms with Crippen molar-refractivity contribution in [2.45, 2.75) is 32.4 Å². The summed E-state index contributed by atoms with van der Waals surface area (Å²) in [5, 5.41) is 3.36. The maximum absolute atomic E-state index is 12.9. The number of halogens is 1. The van der Waals surface area contributed by atoms with E-state index < -0.39 is 0 Å². The molecule has 0 aromatic heterocycles. The van der Waals surface area contributed by atoms with Crippen molar-refractivity contribution in [2.24, 2.45) is 0 Å². The van der Waals surface area contributed by atoms with Crippen LogP contribution in [-0.2, 0) is 11.3 Å². The zero-order valence-electron chi connectivity index (χ0n) is 9.63. The van der Waals surface area contributed by atoms with Gasteiger partial charge in [0.25, 0.3) is 0 Å². The number of benzene rings is 1. The first-order chi connectivity index (χ1) is 7.75. The summed E-state index contributed by atoms with van der Waals surface area (Å²) >= 11 is 0. The third kappa shape index (κ3) is 3.03. The monoisotopic (exact) mass is 223 g/mol. The van der Waals surface area contributed by atoms with Crippen LogP contribution in [0.2, 0.25) is 0 Å². The minimum atomic E-state index is -0.166. The standard InChI is InChI=1S/C13H18FNO/c1-10-7-12(14)5-4-11(10)8-15-9-13-3-2-6-16-13/h4-5,7,13,15H,2-3,6,8-9H2,1H3. The van der Waals surface area contributed by atoms with Crippen LogP contribution in [0.5, 0.6) is 0 Å². The fraction of sp³-hybridized carbons (Fsp3) is 0.538. The minimum absolute atomic E-state index is 0.166. The quantitative estimate of drug-likeness (QED) is 0.846. The molecule has 0 amide bonds. The number of rotatable bonds is 4. The van der Waals surface area contributed by atoms with Gasteiger partial charge in [-0.15, -0.1) is 0 Å². The van der Waals surface area contributed by atoms with E-state index in [0.717, 1.165) is 37.2 Å². The zero-order chi connectivity index (χ0) is 11.4. The Balaban J connectivity index is 1.80. The maximum Gasteiger partial charge on any atom is 0.123 e. The average molecular weight is 223 g/mol. The van der Waals surface area contributed by atoms with E-state index in [4.69, 9.17) is 4.74 Å². The van der Waals surface area contributed by atoms with Crippen molar-refractivity contribution in [3.05, 3.63) is 35.1 Å². The number of hydrogen-bond acceptors (Lipinski definition) is 2. The Morgan fingerprint density at radius 2 is 2.38 bits per heavy atom. The summed E-state index contributed by atoms with van der Waals surface area (Å²) in [6.07, 6.45) is 2.68. The van der Waals surface area contributed by atoms with Crippen molar-refractivity contribution in [2.75, 3.05) is 13.2 Å². The smallest absolute Gasteiger partial charge is 0.123 e. The van der Waals surface area contributed by atoms with Gasteiger partial charge in [0.2, 0.25) is 0 Å². The van der Waals surface area contributed by atoms with E-state index in [0.29, 0.717) is 6.10 Å². The van der Waals surface area contributed by atoms with Gasteiger partial charge in [0.15, 0.2) is 0 Å². The fourth-order valence-corrected chi connectivity index (χ4v) is 2.03. The molecular weight excluding hydrogens is 205 g/mol. The van der Waals surface area contributed by atoms with Crippen molar-refractivity contribution >= 4 is 0 Å². The van der Waals surface area contributed by atoms with Gasteiger partial charge in [-0.05, 0) is 43.0 Å². The summed E-state index contributed by atoms with van der Waals surface area (Å²) in [6.45, 7) is 4.50. The highest BCUT2D eigenvalue weighted by Gasteiger charge is 2.14. The summed E-state index contributed by atoms with van der Waals surface area (Å²) < 4.78 is 18.4. The third-order valence-electron chi connectivity index (χ3n) is 3.02. The van der Waals surface area contributed by atoms with E-state index in [1.54, 1.807) is 6.07 Å². The molecule has 0 bridgehead atoms. The molecular formula is C13H18FNO. The summed E-state index contributed by atoms with van der Waals surface area (Å²) in [4.78, 5) is 0. The second-order valence-corrected chi connectivity index (χ2v) is 4.34. The summed E-state index contributed by atoms with van der Waals surface area (Å²) in [5.74, 6) is -0.166. The molecule has 1 atom stereocenters. The van der Waals surface area contributed by atoms with Gasteiger partial charge >= 0.3 is 0 Å². The van der Waals surface area contributed by atoms with E-state index >= 15 is 0 Å². The molecule has 0 saturated carbocycles. The lowest BCUT2D eigenvalue weighted by molar-refractivity contribution is 0.110. The molecule has 1 fully saturated rings. The van der Waals surface area contributed by atoms with Gasteiger partial charge in [-0.2, -0.15) is 0 Å². The molecule has 1 unspecified atom stereocenters. The molecule has 2 nitrogen and oxygen atoms in total. The van der Waals surface area contributed by atoms with E-state index in [1.165, 1.54) is 12.5 Å². The molecule has 2 rings (SSSR count). The maximum atomic E-state index is 12.9. The average Bonchev–Trinajstić information content (AvgIpc) is 2.74. The van der Waals surface area contributed by atoms with E-state index in [9.17, 15) is 4.39 Å². The predicted octanol–water partition coefficient (Wildman–Crippen LogP) is 2.40. The molecule has 16 heavy (non-hydrogen) atoms. The van der Waals surface area contributed by atoms with Crippen molar-refractivity contribution < 1.29 is 9.13 Å². The van der Waals surface area contributed by atoms with Gasteiger partial charge in [0, 0.05) is 19.7 Å². The Labute approximate surface area is 95.8 Å². The first kappa shape index (κ1) is 11.6. The topological polar surface area (TPSA) is 21.3 Å². The second kappa shape index (κ2) is 5.41. The van der Waals surface area contributed by atoms with Gasteiger partial charge in [-0.3, -0.25) is 0 Å². The lowest BCUT2D eigenvalue weighted by Crippen LogP contribution is -2.26. The molecule has 1 aromatic carbocycles. The van der Waals surface area contributed by atoms with Crippen molar-refractivity contribution in [3.8, 4) is 0 Å². The Morgan fingerprint density at radius 1 is 1.50 bits per heavy atom. The third-order valence-corrected chi connectivity index (χ3v) is 3.02. The van der Waals surface area contributed by atoms with Crippen LogP contribution in [0, 0.1) is 12.7 Å². The van der Waals surface area contributed by atoms with E-state index in [-0.39, 0.29) is 5.82 Å². The van der Waals surface area contributed by atoms with Crippen LogP contribution in [0.1, 0.15) is 24.0 Å². The van der Waals surface area contributed by atoms with Crippen LogP contribution in [-0.4, -0.2) is 19.3 Å². The van der Waals surface area contributed by atoms with Gasteiger partial charge in [-0.1, -0.05) is 6.07 Å². The number of ether oxygens (including phenoxy) is 1. The Kier molecular flexibility index (Phi) is 3.91. The molecule has 0 radical (unpaired) electrons. The Morgan fingerprint density at radius 3 is 3.06 bits per heavy atom. The van der Waals surface area contributed by atoms with Crippen LogP contribution < -0.4 is 5.32 Å². The zero-order valence-corrected chi connectivity index (χ0v) is 9.63. The molecule has 3 heteroatoms. The molecule has 1 aliphatic rings. The Hall–Kier alpha value is -0.930. The molecule has 1 aromatic rings. The molecule has 0 spiro atoms. The van der Waals surface area contributed by atoms with Gasteiger partial charge in [0.1, 0.15) is 5.82 Å². The highest BCUT2D eigenvalue weighted by atomic mass is 19.1. The summed E-state index contributed by atoms with van der Waals surface area (Å²) in [7, 11) is 0. The highest BCUT2D eigenvalue weighted by molar-refractivity contribution is 5.26. The van der Waals surface area contributed by atoms with Crippen molar-refractivity contribution in [1.29, 1.82) is 0 Å². The van der Waals surface area contributed by atoms with Gasteiger partial charge < -0.3 is 10.1 Å². The Bertz CT molecular complexity index is 348. The normalized spacial score (nSPS) is 20.2. The minimum Gasteiger partial charge on any atom is -0.377 e. The molecule has 1 saturated heterocycles. The van der Waals surface area contributed by atoms with Crippen LogP contribution in [0.4, 0.5) is 4.39 Å².